The van der Waals surface area contributed by atoms with Gasteiger partial charge in [-0.15, -0.1) is 0 Å². The van der Waals surface area contributed by atoms with Crippen molar-refractivity contribution >= 4 is 45.6 Å². The molecule has 0 saturated heterocycles. The Morgan fingerprint density at radius 2 is 1.48 bits per heavy atom. The zero-order valence-electron chi connectivity index (χ0n) is 12.1. The molecule has 4 aromatic carbocycles. The van der Waals surface area contributed by atoms with Gasteiger partial charge >= 0.3 is 0 Å². The molecule has 0 N–H and O–H groups in total. The molecule has 0 bridgehead atoms. The summed E-state index contributed by atoms with van der Waals surface area (Å²) in [4.78, 5) is 0. The molecule has 4 rings (SSSR count). The van der Waals surface area contributed by atoms with Gasteiger partial charge in [-0.25, -0.2) is 0 Å². The SMILES string of the molecule is [B]c1cc(CC)cc2c1ccc1cc3ccccc3cc12. The smallest absolute Gasteiger partial charge is 0.0887 e. The molecular formula is C20H15B. The lowest BCUT2D eigenvalue weighted by atomic mass is 9.85. The predicted molar refractivity (Wildman–Crippen MR) is 93.7 cm³/mol. The molecule has 0 saturated carbocycles. The zero-order chi connectivity index (χ0) is 14.4. The number of hydrogen-bond donors (Lipinski definition) is 0. The van der Waals surface area contributed by atoms with E-state index in [1.54, 1.807) is 0 Å². The number of benzene rings is 4. The van der Waals surface area contributed by atoms with Crippen LogP contribution in [0.2, 0.25) is 0 Å². The Morgan fingerprint density at radius 3 is 2.24 bits per heavy atom. The molecule has 0 aliphatic rings. The molecule has 4 aromatic rings. The second kappa shape index (κ2) is 4.63. The van der Waals surface area contributed by atoms with Gasteiger partial charge in [0.05, 0.1) is 0 Å². The van der Waals surface area contributed by atoms with Crippen LogP contribution in [-0.2, 0) is 6.42 Å². The molecule has 0 aromatic heterocycles. The molecule has 0 spiro atoms. The van der Waals surface area contributed by atoms with Crippen molar-refractivity contribution in [3.63, 3.8) is 0 Å². The predicted octanol–water partition coefficient (Wildman–Crippen LogP) is 4.50. The molecule has 0 unspecified atom stereocenters. The first-order valence-corrected chi connectivity index (χ1v) is 7.40. The molecule has 0 amide bonds. The van der Waals surface area contributed by atoms with Crippen molar-refractivity contribution in [2.45, 2.75) is 13.3 Å². The van der Waals surface area contributed by atoms with Crippen LogP contribution >= 0.6 is 0 Å². The summed E-state index contributed by atoms with van der Waals surface area (Å²) in [6.45, 7) is 2.17. The average molecular weight is 266 g/mol. The van der Waals surface area contributed by atoms with E-state index in [0.717, 1.165) is 17.3 Å². The van der Waals surface area contributed by atoms with Crippen LogP contribution in [0.15, 0.2) is 60.7 Å². The summed E-state index contributed by atoms with van der Waals surface area (Å²) in [6.07, 6.45) is 1.00. The molecule has 21 heavy (non-hydrogen) atoms. The lowest BCUT2D eigenvalue weighted by Gasteiger charge is -2.10. The Bertz CT molecular complexity index is 983. The number of hydrogen-bond acceptors (Lipinski definition) is 0. The normalized spacial score (nSPS) is 11.5. The van der Waals surface area contributed by atoms with Crippen molar-refractivity contribution in [1.82, 2.24) is 0 Å². The van der Waals surface area contributed by atoms with Crippen LogP contribution in [0, 0.1) is 0 Å². The van der Waals surface area contributed by atoms with E-state index in [4.69, 9.17) is 7.85 Å². The highest BCUT2D eigenvalue weighted by Crippen LogP contribution is 2.29. The van der Waals surface area contributed by atoms with Crippen molar-refractivity contribution < 1.29 is 0 Å². The minimum atomic E-state index is 0.874. The largest absolute Gasteiger partial charge is 0.114 e. The molecule has 0 fully saturated rings. The minimum absolute atomic E-state index is 0.874. The van der Waals surface area contributed by atoms with Crippen LogP contribution in [0.5, 0.6) is 0 Å². The van der Waals surface area contributed by atoms with Gasteiger partial charge in [0.1, 0.15) is 7.85 Å². The lowest BCUT2D eigenvalue weighted by Crippen LogP contribution is -2.05. The van der Waals surface area contributed by atoms with E-state index in [1.807, 2.05) is 0 Å². The van der Waals surface area contributed by atoms with E-state index >= 15 is 0 Å². The van der Waals surface area contributed by atoms with Crippen LogP contribution < -0.4 is 5.46 Å². The quantitative estimate of drug-likeness (QED) is 0.270. The first-order chi connectivity index (χ1) is 10.3. The first kappa shape index (κ1) is 12.5. The molecule has 0 heterocycles. The third-order valence-corrected chi connectivity index (χ3v) is 4.32. The standard InChI is InChI=1S/C20H15B/c1-2-13-9-19-17(20(21)10-13)8-7-16-11-14-5-3-4-6-15(14)12-18(16)19/h3-12H,2H2,1H3. The van der Waals surface area contributed by atoms with E-state index in [9.17, 15) is 0 Å². The lowest BCUT2D eigenvalue weighted by molar-refractivity contribution is 1.15. The van der Waals surface area contributed by atoms with E-state index in [1.165, 1.54) is 32.5 Å². The minimum Gasteiger partial charge on any atom is -0.0887 e. The molecule has 0 nitrogen and oxygen atoms in total. The fraction of sp³-hybridized carbons (Fsp3) is 0.100. The topological polar surface area (TPSA) is 0 Å². The maximum atomic E-state index is 6.24. The van der Waals surface area contributed by atoms with Crippen molar-refractivity contribution in [3.05, 3.63) is 66.2 Å². The number of aryl methyl sites for hydroxylation is 1. The maximum absolute atomic E-state index is 6.24. The summed E-state index contributed by atoms with van der Waals surface area (Å²) in [6, 6.07) is 21.7. The Labute approximate surface area is 125 Å². The molecular weight excluding hydrogens is 251 g/mol. The molecule has 0 aliphatic heterocycles. The van der Waals surface area contributed by atoms with Crippen LogP contribution in [0.25, 0.3) is 32.3 Å². The van der Waals surface area contributed by atoms with Crippen LogP contribution in [0.4, 0.5) is 0 Å². The Morgan fingerprint density at radius 1 is 0.714 bits per heavy atom. The Hall–Kier alpha value is -2.28. The Balaban J connectivity index is 2.21. The molecule has 0 atom stereocenters. The molecule has 0 aliphatic carbocycles. The van der Waals surface area contributed by atoms with E-state index in [0.29, 0.717) is 0 Å². The maximum Gasteiger partial charge on any atom is 0.114 e. The highest BCUT2D eigenvalue weighted by atomic mass is 14.1. The molecule has 2 radical (unpaired) electrons. The van der Waals surface area contributed by atoms with Gasteiger partial charge in [0, 0.05) is 0 Å². The van der Waals surface area contributed by atoms with Gasteiger partial charge in [-0.1, -0.05) is 60.9 Å². The van der Waals surface area contributed by atoms with Gasteiger partial charge < -0.3 is 0 Å². The summed E-state index contributed by atoms with van der Waals surface area (Å²) in [5.74, 6) is 0. The summed E-state index contributed by atoms with van der Waals surface area (Å²) in [7, 11) is 6.24. The van der Waals surface area contributed by atoms with Crippen molar-refractivity contribution in [2.75, 3.05) is 0 Å². The third-order valence-electron chi connectivity index (χ3n) is 4.32. The summed E-state index contributed by atoms with van der Waals surface area (Å²) in [5, 5.41) is 7.52. The summed E-state index contributed by atoms with van der Waals surface area (Å²) in [5.41, 5.74) is 2.17. The van der Waals surface area contributed by atoms with Crippen molar-refractivity contribution in [3.8, 4) is 0 Å². The average Bonchev–Trinajstić information content (AvgIpc) is 2.52. The Kier molecular flexibility index (Phi) is 2.75. The molecule has 98 valence electrons. The number of rotatable bonds is 1. The van der Waals surface area contributed by atoms with Crippen molar-refractivity contribution in [1.29, 1.82) is 0 Å². The zero-order valence-corrected chi connectivity index (χ0v) is 12.1. The second-order valence-electron chi connectivity index (χ2n) is 5.62. The van der Waals surface area contributed by atoms with Crippen LogP contribution in [0.1, 0.15) is 12.5 Å². The third kappa shape index (κ3) is 1.92. The highest BCUT2D eigenvalue weighted by Gasteiger charge is 2.05. The van der Waals surface area contributed by atoms with Gasteiger partial charge in [-0.3, -0.25) is 0 Å². The van der Waals surface area contributed by atoms with E-state index in [-0.39, 0.29) is 0 Å². The summed E-state index contributed by atoms with van der Waals surface area (Å²) < 4.78 is 0. The fourth-order valence-electron chi connectivity index (χ4n) is 3.15. The summed E-state index contributed by atoms with van der Waals surface area (Å²) >= 11 is 0. The van der Waals surface area contributed by atoms with Gasteiger partial charge in [0.15, 0.2) is 0 Å². The molecule has 1 heteroatoms. The van der Waals surface area contributed by atoms with Gasteiger partial charge in [-0.2, -0.15) is 0 Å². The van der Waals surface area contributed by atoms with E-state index in [2.05, 4.69) is 67.6 Å². The second-order valence-corrected chi connectivity index (χ2v) is 5.62. The first-order valence-electron chi connectivity index (χ1n) is 7.40. The number of fused-ring (bicyclic) bond motifs is 4. The van der Waals surface area contributed by atoms with Crippen molar-refractivity contribution in [2.24, 2.45) is 0 Å². The van der Waals surface area contributed by atoms with Gasteiger partial charge in [0.25, 0.3) is 0 Å². The van der Waals surface area contributed by atoms with Gasteiger partial charge in [0.2, 0.25) is 0 Å². The van der Waals surface area contributed by atoms with Crippen LogP contribution in [0.3, 0.4) is 0 Å². The van der Waals surface area contributed by atoms with Crippen LogP contribution in [-0.4, -0.2) is 7.85 Å². The highest BCUT2D eigenvalue weighted by molar-refractivity contribution is 6.40. The van der Waals surface area contributed by atoms with E-state index < -0.39 is 0 Å². The fourth-order valence-corrected chi connectivity index (χ4v) is 3.15. The van der Waals surface area contributed by atoms with Gasteiger partial charge in [-0.05, 0) is 56.4 Å². The monoisotopic (exact) mass is 266 g/mol.